The number of nitrogens with zero attached hydrogens (tertiary/aromatic N) is 1. The van der Waals surface area contributed by atoms with E-state index in [1.807, 2.05) is 24.3 Å². The van der Waals surface area contributed by atoms with Gasteiger partial charge in [-0.05, 0) is 30.7 Å². The summed E-state index contributed by atoms with van der Waals surface area (Å²) in [6, 6.07) is 12.1. The van der Waals surface area contributed by atoms with Gasteiger partial charge in [-0.25, -0.2) is 4.39 Å². The highest BCUT2D eigenvalue weighted by molar-refractivity contribution is 6.33. The summed E-state index contributed by atoms with van der Waals surface area (Å²) in [6.07, 6.45) is 1.93. The highest BCUT2D eigenvalue weighted by Gasteiger charge is 2.26. The first-order valence-electron chi connectivity index (χ1n) is 9.46. The lowest BCUT2D eigenvalue weighted by Crippen LogP contribution is -2.45. The summed E-state index contributed by atoms with van der Waals surface area (Å²) >= 11 is 6.01. The first-order chi connectivity index (χ1) is 14.9. The molecule has 9 heteroatoms. The number of hydrogen-bond donors (Lipinski definition) is 3. The minimum atomic E-state index is -1.03. The molecule has 0 unspecified atom stereocenters. The topological polar surface area (TPSA) is 100 Å². The maximum absolute atomic E-state index is 14.2. The Labute approximate surface area is 181 Å². The molecule has 2 aromatic heterocycles. The van der Waals surface area contributed by atoms with E-state index in [1.165, 1.54) is 12.1 Å². The Bertz CT molecular complexity index is 1250. The van der Waals surface area contributed by atoms with E-state index >= 15 is 0 Å². The third-order valence-corrected chi connectivity index (χ3v) is 5.10. The number of halogens is 2. The number of anilines is 1. The SMILES string of the molecule is Cc1cc(NC(=O)[C@H](Cc2c[nH]c3ccccc23)NC(=O)c2c(F)cccc2Cl)no1. The van der Waals surface area contributed by atoms with E-state index in [1.54, 1.807) is 19.2 Å². The smallest absolute Gasteiger partial charge is 0.256 e. The highest BCUT2D eigenvalue weighted by atomic mass is 35.5. The van der Waals surface area contributed by atoms with E-state index in [2.05, 4.69) is 20.8 Å². The molecule has 2 amide bonds. The molecule has 158 valence electrons. The Hall–Kier alpha value is -3.65. The van der Waals surface area contributed by atoms with Crippen LogP contribution in [0.5, 0.6) is 0 Å². The number of fused-ring (bicyclic) bond motifs is 1. The Balaban J connectivity index is 1.63. The molecule has 4 rings (SSSR count). The summed E-state index contributed by atoms with van der Waals surface area (Å²) in [5, 5.41) is 9.82. The van der Waals surface area contributed by atoms with Crippen molar-refractivity contribution in [1.29, 1.82) is 0 Å². The number of H-pyrrole nitrogens is 1. The molecular weight excluding hydrogens is 423 g/mol. The van der Waals surface area contributed by atoms with Crippen molar-refractivity contribution in [3.8, 4) is 0 Å². The average molecular weight is 441 g/mol. The summed E-state index contributed by atoms with van der Waals surface area (Å²) in [5.74, 6) is -1.36. The number of aromatic amines is 1. The Morgan fingerprint density at radius 2 is 2.03 bits per heavy atom. The molecule has 1 atom stereocenters. The highest BCUT2D eigenvalue weighted by Crippen LogP contribution is 2.22. The summed E-state index contributed by atoms with van der Waals surface area (Å²) in [4.78, 5) is 28.9. The number of amides is 2. The van der Waals surface area contributed by atoms with Gasteiger partial charge in [-0.15, -0.1) is 0 Å². The fourth-order valence-corrected chi connectivity index (χ4v) is 3.56. The molecule has 2 aromatic carbocycles. The number of aromatic nitrogens is 2. The predicted molar refractivity (Wildman–Crippen MR) is 115 cm³/mol. The van der Waals surface area contributed by atoms with Crippen molar-refractivity contribution in [1.82, 2.24) is 15.5 Å². The molecule has 2 heterocycles. The minimum absolute atomic E-state index is 0.0455. The molecule has 0 aliphatic rings. The van der Waals surface area contributed by atoms with E-state index in [-0.39, 0.29) is 22.8 Å². The van der Waals surface area contributed by atoms with Gasteiger partial charge >= 0.3 is 0 Å². The first-order valence-corrected chi connectivity index (χ1v) is 9.84. The number of rotatable bonds is 6. The number of aryl methyl sites for hydroxylation is 1. The van der Waals surface area contributed by atoms with Crippen LogP contribution >= 0.6 is 11.6 Å². The van der Waals surface area contributed by atoms with E-state index in [9.17, 15) is 14.0 Å². The third-order valence-electron chi connectivity index (χ3n) is 4.79. The van der Waals surface area contributed by atoms with Crippen LogP contribution in [0.3, 0.4) is 0 Å². The monoisotopic (exact) mass is 440 g/mol. The number of carbonyl (C=O) groups is 2. The molecule has 0 aliphatic carbocycles. The van der Waals surface area contributed by atoms with E-state index < -0.39 is 23.7 Å². The number of nitrogens with one attached hydrogen (secondary N) is 3. The number of carbonyl (C=O) groups excluding carboxylic acids is 2. The molecule has 0 radical (unpaired) electrons. The quantitative estimate of drug-likeness (QED) is 0.417. The van der Waals surface area contributed by atoms with Crippen LogP contribution in [0, 0.1) is 12.7 Å². The zero-order valence-electron chi connectivity index (χ0n) is 16.4. The Morgan fingerprint density at radius 1 is 1.23 bits per heavy atom. The summed E-state index contributed by atoms with van der Waals surface area (Å²) in [7, 11) is 0. The molecule has 0 saturated carbocycles. The molecule has 31 heavy (non-hydrogen) atoms. The predicted octanol–water partition coefficient (Wildman–Crippen LogP) is 4.24. The minimum Gasteiger partial charge on any atom is -0.361 e. The van der Waals surface area contributed by atoms with Gasteiger partial charge in [0.05, 0.1) is 10.6 Å². The van der Waals surface area contributed by atoms with Gasteiger partial charge in [0.2, 0.25) is 5.91 Å². The second kappa shape index (κ2) is 8.61. The fourth-order valence-electron chi connectivity index (χ4n) is 3.31. The van der Waals surface area contributed by atoms with E-state index in [4.69, 9.17) is 16.1 Å². The second-order valence-corrected chi connectivity index (χ2v) is 7.41. The molecular formula is C22H18ClFN4O3. The van der Waals surface area contributed by atoms with Gasteiger partial charge in [-0.2, -0.15) is 0 Å². The van der Waals surface area contributed by atoms with Gasteiger partial charge < -0.3 is 20.1 Å². The number of para-hydroxylation sites is 1. The Morgan fingerprint density at radius 3 is 2.77 bits per heavy atom. The first kappa shape index (κ1) is 20.6. The van der Waals surface area contributed by atoms with Crippen LogP contribution in [0.15, 0.2) is 59.3 Å². The van der Waals surface area contributed by atoms with E-state index in [0.717, 1.165) is 22.5 Å². The standard InChI is InChI=1S/C22H18ClFN4O3/c1-12-9-19(28-31-12)27-21(29)18(10-13-11-25-17-8-3-2-5-14(13)17)26-22(30)20-15(23)6-4-7-16(20)24/h2-9,11,18,25H,10H2,1H3,(H,26,30)(H,27,28,29)/t18-/m0/s1. The maximum Gasteiger partial charge on any atom is 0.256 e. The van der Waals surface area contributed by atoms with Gasteiger partial charge in [0.25, 0.3) is 5.91 Å². The maximum atomic E-state index is 14.2. The van der Waals surface area contributed by atoms with Crippen molar-refractivity contribution in [2.24, 2.45) is 0 Å². The summed E-state index contributed by atoms with van der Waals surface area (Å²) < 4.78 is 19.2. The van der Waals surface area contributed by atoms with Crippen molar-refractivity contribution in [2.45, 2.75) is 19.4 Å². The van der Waals surface area contributed by atoms with Crippen LogP contribution in [-0.4, -0.2) is 28.0 Å². The molecule has 3 N–H and O–H groups in total. The molecule has 0 aliphatic heterocycles. The second-order valence-electron chi connectivity index (χ2n) is 7.00. The van der Waals surface area contributed by atoms with Crippen molar-refractivity contribution in [2.75, 3.05) is 5.32 Å². The lowest BCUT2D eigenvalue weighted by atomic mass is 10.0. The largest absolute Gasteiger partial charge is 0.361 e. The van der Waals surface area contributed by atoms with Crippen LogP contribution in [0.25, 0.3) is 10.9 Å². The molecule has 0 saturated heterocycles. The zero-order chi connectivity index (χ0) is 22.0. The molecule has 4 aromatic rings. The lowest BCUT2D eigenvalue weighted by Gasteiger charge is -2.18. The molecule has 0 bridgehead atoms. The third kappa shape index (κ3) is 4.44. The number of hydrogen-bond acceptors (Lipinski definition) is 4. The van der Waals surface area contributed by atoms with Gasteiger partial charge in [-0.1, -0.05) is 41.0 Å². The van der Waals surface area contributed by atoms with E-state index in [0.29, 0.717) is 5.76 Å². The van der Waals surface area contributed by atoms with Crippen LogP contribution in [0.4, 0.5) is 10.2 Å². The molecule has 0 spiro atoms. The lowest BCUT2D eigenvalue weighted by molar-refractivity contribution is -0.118. The van der Waals surface area contributed by atoms with Gasteiger partial charge in [-0.3, -0.25) is 9.59 Å². The average Bonchev–Trinajstić information content (AvgIpc) is 3.33. The molecule has 0 fully saturated rings. The van der Waals surface area contributed by atoms with Crippen LogP contribution < -0.4 is 10.6 Å². The van der Waals surface area contributed by atoms with Crippen LogP contribution in [0.1, 0.15) is 21.7 Å². The zero-order valence-corrected chi connectivity index (χ0v) is 17.2. The molecule has 7 nitrogen and oxygen atoms in total. The van der Waals surface area contributed by atoms with Crippen LogP contribution in [0.2, 0.25) is 5.02 Å². The fraction of sp³-hybridized carbons (Fsp3) is 0.136. The van der Waals surface area contributed by atoms with Gasteiger partial charge in [0, 0.05) is 29.6 Å². The van der Waals surface area contributed by atoms with Crippen molar-refractivity contribution >= 4 is 40.1 Å². The van der Waals surface area contributed by atoms with Crippen molar-refractivity contribution in [3.05, 3.63) is 82.5 Å². The van der Waals surface area contributed by atoms with Crippen molar-refractivity contribution in [3.63, 3.8) is 0 Å². The van der Waals surface area contributed by atoms with Gasteiger partial charge in [0.15, 0.2) is 5.82 Å². The summed E-state index contributed by atoms with van der Waals surface area (Å²) in [5.41, 5.74) is 1.39. The Kier molecular flexibility index (Phi) is 5.73. The van der Waals surface area contributed by atoms with Gasteiger partial charge in [0.1, 0.15) is 17.6 Å². The van der Waals surface area contributed by atoms with Crippen LogP contribution in [-0.2, 0) is 11.2 Å². The normalized spacial score (nSPS) is 12.0. The number of benzene rings is 2. The summed E-state index contributed by atoms with van der Waals surface area (Å²) in [6.45, 7) is 1.69. The van der Waals surface area contributed by atoms with Crippen molar-refractivity contribution < 1.29 is 18.5 Å².